The van der Waals surface area contributed by atoms with Crippen molar-refractivity contribution in [2.24, 2.45) is 0 Å². The van der Waals surface area contributed by atoms with Crippen molar-refractivity contribution in [1.29, 1.82) is 0 Å². The molecule has 17 heavy (non-hydrogen) atoms. The topological polar surface area (TPSA) is 104 Å². The fraction of sp³-hybridized carbons (Fsp3) is 0.0769. The van der Waals surface area contributed by atoms with E-state index in [0.29, 0.717) is 23.5 Å². The Morgan fingerprint density at radius 1 is 0.824 bits per heavy atom. The van der Waals surface area contributed by atoms with E-state index in [1.807, 2.05) is 30.3 Å². The van der Waals surface area contributed by atoms with Gasteiger partial charge in [-0.25, -0.2) is 0 Å². The molecule has 88 valence electrons. The maximum absolute atomic E-state index is 5.93. The third-order valence-corrected chi connectivity index (χ3v) is 2.67. The van der Waals surface area contributed by atoms with E-state index in [1.54, 1.807) is 6.07 Å². The molecule has 0 aliphatic heterocycles. The highest BCUT2D eigenvalue weighted by atomic mass is 14.7. The summed E-state index contributed by atoms with van der Waals surface area (Å²) in [7, 11) is 0. The normalized spacial score (nSPS) is 10.4. The van der Waals surface area contributed by atoms with Crippen molar-refractivity contribution < 1.29 is 0 Å². The van der Waals surface area contributed by atoms with Crippen LogP contribution in [0.4, 0.5) is 22.7 Å². The van der Waals surface area contributed by atoms with Gasteiger partial charge in [-0.2, -0.15) is 0 Å². The van der Waals surface area contributed by atoms with Crippen LogP contribution in [0.3, 0.4) is 0 Å². The zero-order chi connectivity index (χ0) is 12.4. The monoisotopic (exact) mass is 228 g/mol. The van der Waals surface area contributed by atoms with E-state index < -0.39 is 0 Å². The third-order valence-electron chi connectivity index (χ3n) is 2.67. The third kappa shape index (κ3) is 2.42. The molecule has 2 aromatic carbocycles. The van der Waals surface area contributed by atoms with Gasteiger partial charge in [0.25, 0.3) is 0 Å². The Labute approximate surface area is 100 Å². The minimum Gasteiger partial charge on any atom is -0.399 e. The number of anilines is 4. The molecule has 2 aromatic rings. The Bertz CT molecular complexity index is 549. The van der Waals surface area contributed by atoms with Gasteiger partial charge >= 0.3 is 0 Å². The van der Waals surface area contributed by atoms with Gasteiger partial charge in [0.05, 0.1) is 11.4 Å². The van der Waals surface area contributed by atoms with Gasteiger partial charge in [-0.15, -0.1) is 0 Å². The molecule has 0 aliphatic carbocycles. The lowest BCUT2D eigenvalue weighted by molar-refractivity contribution is 1.20. The fourth-order valence-corrected chi connectivity index (χ4v) is 1.83. The summed E-state index contributed by atoms with van der Waals surface area (Å²) in [5.74, 6) is 0. The van der Waals surface area contributed by atoms with Gasteiger partial charge in [0.2, 0.25) is 0 Å². The van der Waals surface area contributed by atoms with Crippen LogP contribution in [0.5, 0.6) is 0 Å². The molecular weight excluding hydrogens is 212 g/mol. The molecule has 4 nitrogen and oxygen atoms in total. The summed E-state index contributed by atoms with van der Waals surface area (Å²) >= 11 is 0. The minimum absolute atomic E-state index is 0.518. The van der Waals surface area contributed by atoms with Gasteiger partial charge in [-0.05, 0) is 41.8 Å². The first-order valence-corrected chi connectivity index (χ1v) is 5.34. The van der Waals surface area contributed by atoms with Crippen LogP contribution in [0.15, 0.2) is 36.4 Å². The predicted molar refractivity (Wildman–Crippen MR) is 73.3 cm³/mol. The number of nitrogens with two attached hydrogens (primary N) is 4. The SMILES string of the molecule is Nc1cccc(Cc2cc(N)cc(N)c2N)c1. The smallest absolute Gasteiger partial charge is 0.0585 e. The van der Waals surface area contributed by atoms with E-state index in [4.69, 9.17) is 22.9 Å². The average Bonchev–Trinajstić information content (AvgIpc) is 2.25. The summed E-state index contributed by atoms with van der Waals surface area (Å²) in [5, 5.41) is 0. The second-order valence-corrected chi connectivity index (χ2v) is 4.10. The van der Waals surface area contributed by atoms with Gasteiger partial charge < -0.3 is 22.9 Å². The van der Waals surface area contributed by atoms with Crippen molar-refractivity contribution in [2.75, 3.05) is 22.9 Å². The van der Waals surface area contributed by atoms with Gasteiger partial charge in [0.1, 0.15) is 0 Å². The van der Waals surface area contributed by atoms with Gasteiger partial charge in [0, 0.05) is 11.4 Å². The summed E-state index contributed by atoms with van der Waals surface area (Å²) < 4.78 is 0. The summed E-state index contributed by atoms with van der Waals surface area (Å²) in [6.45, 7) is 0. The molecule has 0 unspecified atom stereocenters. The zero-order valence-electron chi connectivity index (χ0n) is 9.48. The predicted octanol–water partition coefficient (Wildman–Crippen LogP) is 1.61. The van der Waals surface area contributed by atoms with Crippen molar-refractivity contribution in [3.63, 3.8) is 0 Å². The molecule has 0 fully saturated rings. The van der Waals surface area contributed by atoms with E-state index in [9.17, 15) is 0 Å². The summed E-state index contributed by atoms with van der Waals surface area (Å²) in [5.41, 5.74) is 27.6. The van der Waals surface area contributed by atoms with E-state index in [0.717, 1.165) is 16.8 Å². The minimum atomic E-state index is 0.518. The van der Waals surface area contributed by atoms with Crippen molar-refractivity contribution in [1.82, 2.24) is 0 Å². The fourth-order valence-electron chi connectivity index (χ4n) is 1.83. The average molecular weight is 228 g/mol. The van der Waals surface area contributed by atoms with Crippen LogP contribution >= 0.6 is 0 Å². The van der Waals surface area contributed by atoms with Crippen LogP contribution in [0.25, 0.3) is 0 Å². The molecule has 0 aliphatic rings. The Hall–Kier alpha value is -2.36. The highest BCUT2D eigenvalue weighted by Gasteiger charge is 2.06. The first-order valence-electron chi connectivity index (χ1n) is 5.34. The van der Waals surface area contributed by atoms with Gasteiger partial charge in [-0.1, -0.05) is 12.1 Å². The molecule has 0 saturated heterocycles. The molecule has 0 heterocycles. The molecule has 0 spiro atoms. The number of hydrogen-bond acceptors (Lipinski definition) is 4. The maximum Gasteiger partial charge on any atom is 0.0585 e. The summed E-state index contributed by atoms with van der Waals surface area (Å²) in [6, 6.07) is 11.2. The zero-order valence-corrected chi connectivity index (χ0v) is 9.48. The van der Waals surface area contributed by atoms with Crippen molar-refractivity contribution in [3.05, 3.63) is 47.5 Å². The molecule has 2 rings (SSSR count). The Morgan fingerprint density at radius 2 is 1.59 bits per heavy atom. The number of hydrogen-bond donors (Lipinski definition) is 4. The summed E-state index contributed by atoms with van der Waals surface area (Å²) in [4.78, 5) is 0. The number of benzene rings is 2. The van der Waals surface area contributed by atoms with Crippen LogP contribution < -0.4 is 22.9 Å². The first-order chi connectivity index (χ1) is 8.06. The lowest BCUT2D eigenvalue weighted by Crippen LogP contribution is -2.03. The largest absolute Gasteiger partial charge is 0.399 e. The van der Waals surface area contributed by atoms with E-state index in [1.165, 1.54) is 0 Å². The molecular formula is C13H16N4. The van der Waals surface area contributed by atoms with Crippen LogP contribution in [-0.4, -0.2) is 0 Å². The van der Waals surface area contributed by atoms with E-state index in [-0.39, 0.29) is 0 Å². The molecule has 0 bridgehead atoms. The molecule has 0 atom stereocenters. The molecule has 0 radical (unpaired) electrons. The first kappa shape index (κ1) is 11.1. The second kappa shape index (κ2) is 4.25. The quantitative estimate of drug-likeness (QED) is 0.586. The van der Waals surface area contributed by atoms with Crippen LogP contribution in [-0.2, 0) is 6.42 Å². The Morgan fingerprint density at radius 3 is 2.29 bits per heavy atom. The van der Waals surface area contributed by atoms with Gasteiger partial charge in [-0.3, -0.25) is 0 Å². The molecule has 0 saturated carbocycles. The molecule has 4 heteroatoms. The Balaban J connectivity index is 2.36. The van der Waals surface area contributed by atoms with Crippen molar-refractivity contribution in [2.45, 2.75) is 6.42 Å². The van der Waals surface area contributed by atoms with Crippen molar-refractivity contribution in [3.8, 4) is 0 Å². The van der Waals surface area contributed by atoms with Crippen molar-refractivity contribution >= 4 is 22.7 Å². The molecule has 8 N–H and O–H groups in total. The highest BCUT2D eigenvalue weighted by molar-refractivity contribution is 5.73. The standard InChI is InChI=1S/C13H16N4/c14-10-3-1-2-8(5-10)4-9-6-11(15)7-12(16)13(9)17/h1-3,5-7H,4,14-17H2. The van der Waals surface area contributed by atoms with Crippen LogP contribution in [0, 0.1) is 0 Å². The number of rotatable bonds is 2. The lowest BCUT2D eigenvalue weighted by Gasteiger charge is -2.10. The van der Waals surface area contributed by atoms with E-state index >= 15 is 0 Å². The van der Waals surface area contributed by atoms with E-state index in [2.05, 4.69) is 0 Å². The summed E-state index contributed by atoms with van der Waals surface area (Å²) in [6.07, 6.45) is 0.673. The van der Waals surface area contributed by atoms with Crippen LogP contribution in [0.1, 0.15) is 11.1 Å². The molecule has 0 aromatic heterocycles. The maximum atomic E-state index is 5.93. The highest BCUT2D eigenvalue weighted by Crippen LogP contribution is 2.26. The van der Waals surface area contributed by atoms with Gasteiger partial charge in [0.15, 0.2) is 0 Å². The van der Waals surface area contributed by atoms with Crippen LogP contribution in [0.2, 0.25) is 0 Å². The number of nitrogen functional groups attached to an aromatic ring is 4. The Kier molecular flexibility index (Phi) is 2.78. The lowest BCUT2D eigenvalue weighted by atomic mass is 10.0. The second-order valence-electron chi connectivity index (χ2n) is 4.10. The molecule has 0 amide bonds.